The minimum Gasteiger partial charge on any atom is -0.484 e. The van der Waals surface area contributed by atoms with Crippen LogP contribution in [0.4, 0.5) is 18.9 Å². The van der Waals surface area contributed by atoms with E-state index in [2.05, 4.69) is 5.32 Å². The number of aldehydes is 1. The fraction of sp³-hybridized carbons (Fsp3) is 0.125. The molecule has 0 heterocycles. The minimum atomic E-state index is -4.55. The summed E-state index contributed by atoms with van der Waals surface area (Å²) in [6.07, 6.45) is -3.93. The number of benzene rings is 2. The van der Waals surface area contributed by atoms with Crippen molar-refractivity contribution in [2.24, 2.45) is 0 Å². The zero-order valence-corrected chi connectivity index (χ0v) is 12.8. The molecule has 4 nitrogen and oxygen atoms in total. The number of anilines is 1. The summed E-state index contributed by atoms with van der Waals surface area (Å²) >= 11 is 5.79. The van der Waals surface area contributed by atoms with Crippen LogP contribution in [0.5, 0.6) is 5.75 Å². The summed E-state index contributed by atoms with van der Waals surface area (Å²) in [6, 6.07) is 8.71. The highest BCUT2D eigenvalue weighted by Crippen LogP contribution is 2.33. The summed E-state index contributed by atoms with van der Waals surface area (Å²) < 4.78 is 43.2. The number of hydrogen-bond donors (Lipinski definition) is 1. The number of alkyl halides is 3. The highest BCUT2D eigenvalue weighted by molar-refractivity contribution is 6.33. The monoisotopic (exact) mass is 357 g/mol. The molecule has 0 aliphatic heterocycles. The highest BCUT2D eigenvalue weighted by Gasteiger charge is 2.31. The molecule has 1 amide bonds. The molecule has 8 heteroatoms. The van der Waals surface area contributed by atoms with Gasteiger partial charge in [0, 0.05) is 5.56 Å². The zero-order chi connectivity index (χ0) is 17.7. The predicted molar refractivity (Wildman–Crippen MR) is 82.4 cm³/mol. The van der Waals surface area contributed by atoms with Crippen molar-refractivity contribution in [1.29, 1.82) is 0 Å². The standard InChI is InChI=1S/C16H11ClF3NO3/c17-13-5-4-11(16(18,19)20)7-14(13)21-15(23)9-24-12-3-1-2-10(6-12)8-22/h1-8H,9H2,(H,21,23). The molecule has 0 radical (unpaired) electrons. The first-order chi connectivity index (χ1) is 11.3. The maximum absolute atomic E-state index is 12.7. The van der Waals surface area contributed by atoms with Crippen LogP contribution in [-0.2, 0) is 11.0 Å². The SMILES string of the molecule is O=Cc1cccc(OCC(=O)Nc2cc(C(F)(F)F)ccc2Cl)c1. The van der Waals surface area contributed by atoms with Crippen molar-refractivity contribution < 1.29 is 27.5 Å². The van der Waals surface area contributed by atoms with E-state index in [-0.39, 0.29) is 16.5 Å². The average Bonchev–Trinajstić information content (AvgIpc) is 2.54. The second-order valence-electron chi connectivity index (χ2n) is 4.72. The van der Waals surface area contributed by atoms with E-state index in [1.807, 2.05) is 0 Å². The van der Waals surface area contributed by atoms with E-state index in [0.29, 0.717) is 11.8 Å². The second kappa shape index (κ2) is 7.35. The van der Waals surface area contributed by atoms with Gasteiger partial charge in [0.25, 0.3) is 5.91 Å². The van der Waals surface area contributed by atoms with Gasteiger partial charge in [-0.05, 0) is 30.3 Å². The Bertz CT molecular complexity index is 762. The molecule has 0 fully saturated rings. The summed E-state index contributed by atoms with van der Waals surface area (Å²) in [6.45, 7) is -0.450. The Morgan fingerprint density at radius 1 is 1.21 bits per heavy atom. The Hall–Kier alpha value is -2.54. The van der Waals surface area contributed by atoms with Crippen molar-refractivity contribution >= 4 is 29.5 Å². The van der Waals surface area contributed by atoms with E-state index < -0.39 is 24.3 Å². The quantitative estimate of drug-likeness (QED) is 0.816. The topological polar surface area (TPSA) is 55.4 Å². The van der Waals surface area contributed by atoms with E-state index in [1.54, 1.807) is 12.1 Å². The molecule has 2 rings (SSSR count). The molecule has 2 aromatic carbocycles. The molecule has 0 unspecified atom stereocenters. The van der Waals surface area contributed by atoms with Gasteiger partial charge in [-0.1, -0.05) is 23.7 Å². The van der Waals surface area contributed by atoms with Gasteiger partial charge in [0.2, 0.25) is 0 Å². The van der Waals surface area contributed by atoms with Crippen molar-refractivity contribution in [3.8, 4) is 5.75 Å². The molecule has 0 spiro atoms. The van der Waals surface area contributed by atoms with Crippen molar-refractivity contribution in [3.05, 3.63) is 58.6 Å². The molecule has 0 saturated heterocycles. The molecule has 0 aliphatic carbocycles. The van der Waals surface area contributed by atoms with Crippen LogP contribution in [0.15, 0.2) is 42.5 Å². The van der Waals surface area contributed by atoms with Gasteiger partial charge in [0.15, 0.2) is 6.61 Å². The fourth-order valence-electron chi connectivity index (χ4n) is 1.81. The number of ether oxygens (including phenoxy) is 1. The number of rotatable bonds is 5. The number of amides is 1. The molecule has 24 heavy (non-hydrogen) atoms. The lowest BCUT2D eigenvalue weighted by Crippen LogP contribution is -2.20. The van der Waals surface area contributed by atoms with Crippen molar-refractivity contribution in [2.45, 2.75) is 6.18 Å². The lowest BCUT2D eigenvalue weighted by atomic mass is 10.2. The van der Waals surface area contributed by atoms with E-state index in [0.717, 1.165) is 18.2 Å². The first kappa shape index (κ1) is 17.8. The van der Waals surface area contributed by atoms with Crippen LogP contribution in [0.1, 0.15) is 15.9 Å². The van der Waals surface area contributed by atoms with Crippen LogP contribution in [0, 0.1) is 0 Å². The third kappa shape index (κ3) is 4.73. The van der Waals surface area contributed by atoms with Gasteiger partial charge in [0.05, 0.1) is 16.3 Å². The van der Waals surface area contributed by atoms with Crippen LogP contribution < -0.4 is 10.1 Å². The zero-order valence-electron chi connectivity index (χ0n) is 12.1. The molecule has 0 aliphatic rings. The van der Waals surface area contributed by atoms with E-state index in [4.69, 9.17) is 16.3 Å². The van der Waals surface area contributed by atoms with Crippen LogP contribution in [-0.4, -0.2) is 18.8 Å². The van der Waals surface area contributed by atoms with Crippen molar-refractivity contribution in [2.75, 3.05) is 11.9 Å². The van der Waals surface area contributed by atoms with Crippen molar-refractivity contribution in [3.63, 3.8) is 0 Å². The maximum atomic E-state index is 12.7. The number of halogens is 4. The largest absolute Gasteiger partial charge is 0.484 e. The van der Waals surface area contributed by atoms with Crippen LogP contribution >= 0.6 is 11.6 Å². The molecule has 0 atom stereocenters. The summed E-state index contributed by atoms with van der Waals surface area (Å²) in [5.41, 5.74) is -0.725. The van der Waals surface area contributed by atoms with Gasteiger partial charge in [-0.2, -0.15) is 13.2 Å². The molecule has 0 saturated carbocycles. The Morgan fingerprint density at radius 3 is 2.62 bits per heavy atom. The number of carbonyl (C=O) groups is 2. The van der Waals surface area contributed by atoms with Crippen LogP contribution in [0.2, 0.25) is 5.02 Å². The normalized spacial score (nSPS) is 11.0. The lowest BCUT2D eigenvalue weighted by molar-refractivity contribution is -0.137. The third-order valence-corrected chi connectivity index (χ3v) is 3.26. The molecular formula is C16H11ClF3NO3. The molecule has 2 aromatic rings. The Balaban J connectivity index is 2.03. The Labute approximate surface area is 140 Å². The molecule has 0 bridgehead atoms. The maximum Gasteiger partial charge on any atom is 0.416 e. The molecule has 126 valence electrons. The minimum absolute atomic E-state index is 0.0284. The van der Waals surface area contributed by atoms with Crippen LogP contribution in [0.25, 0.3) is 0 Å². The van der Waals surface area contributed by atoms with Crippen LogP contribution in [0.3, 0.4) is 0 Å². The summed E-state index contributed by atoms with van der Waals surface area (Å²) in [5.74, 6) is -0.405. The van der Waals surface area contributed by atoms with Crippen molar-refractivity contribution in [1.82, 2.24) is 0 Å². The molecular weight excluding hydrogens is 347 g/mol. The van der Waals surface area contributed by atoms with Gasteiger partial charge in [-0.25, -0.2) is 0 Å². The first-order valence-corrected chi connectivity index (χ1v) is 7.02. The molecule has 0 aromatic heterocycles. The summed E-state index contributed by atoms with van der Waals surface area (Å²) in [7, 11) is 0. The first-order valence-electron chi connectivity index (χ1n) is 6.64. The number of hydrogen-bond acceptors (Lipinski definition) is 3. The van der Waals surface area contributed by atoms with E-state index in [1.165, 1.54) is 12.1 Å². The van der Waals surface area contributed by atoms with E-state index >= 15 is 0 Å². The lowest BCUT2D eigenvalue weighted by Gasteiger charge is -2.12. The highest BCUT2D eigenvalue weighted by atomic mass is 35.5. The van der Waals surface area contributed by atoms with Gasteiger partial charge >= 0.3 is 6.18 Å². The smallest absolute Gasteiger partial charge is 0.416 e. The molecule has 1 N–H and O–H groups in total. The van der Waals surface area contributed by atoms with Gasteiger partial charge in [-0.3, -0.25) is 9.59 Å². The Kier molecular flexibility index (Phi) is 5.46. The number of carbonyl (C=O) groups excluding carboxylic acids is 2. The number of nitrogens with one attached hydrogen (secondary N) is 1. The Morgan fingerprint density at radius 2 is 1.96 bits per heavy atom. The average molecular weight is 358 g/mol. The van der Waals surface area contributed by atoms with Gasteiger partial charge in [0.1, 0.15) is 12.0 Å². The van der Waals surface area contributed by atoms with E-state index in [9.17, 15) is 22.8 Å². The van der Waals surface area contributed by atoms with Gasteiger partial charge < -0.3 is 10.1 Å². The summed E-state index contributed by atoms with van der Waals surface area (Å²) in [5, 5.41) is 2.23. The second-order valence-corrected chi connectivity index (χ2v) is 5.13. The third-order valence-electron chi connectivity index (χ3n) is 2.93. The predicted octanol–water partition coefficient (Wildman–Crippen LogP) is 4.19. The summed E-state index contributed by atoms with van der Waals surface area (Å²) in [4.78, 5) is 22.5. The van der Waals surface area contributed by atoms with Gasteiger partial charge in [-0.15, -0.1) is 0 Å². The fourth-order valence-corrected chi connectivity index (χ4v) is 1.97.